The molecule has 5 nitrogen and oxygen atoms in total. The number of nitrogens with one attached hydrogen (secondary N) is 2. The summed E-state index contributed by atoms with van der Waals surface area (Å²) in [5.74, 6) is 0.408. The molecule has 0 saturated heterocycles. The third-order valence-corrected chi connectivity index (χ3v) is 2.38. The van der Waals surface area contributed by atoms with Gasteiger partial charge in [0.1, 0.15) is 5.60 Å². The quantitative estimate of drug-likeness (QED) is 0.650. The normalized spacial score (nSPS) is 12.7. The molecule has 0 atom stereocenters. The Kier molecular flexibility index (Phi) is 5.97. The summed E-state index contributed by atoms with van der Waals surface area (Å²) in [5, 5.41) is 5.86. The first-order valence-electron chi connectivity index (χ1n) is 7.42. The van der Waals surface area contributed by atoms with Crippen molar-refractivity contribution in [1.29, 1.82) is 0 Å². The smallest absolute Gasteiger partial charge is 0.414 e. The highest BCUT2D eigenvalue weighted by Crippen LogP contribution is 2.07. The molecular formula is C17H27N3O2. The zero-order chi connectivity index (χ0) is 16.8. The van der Waals surface area contributed by atoms with Gasteiger partial charge in [-0.25, -0.2) is 9.79 Å². The summed E-state index contributed by atoms with van der Waals surface area (Å²) in [6.07, 6.45) is -0.518. The first-order chi connectivity index (χ1) is 10.1. The van der Waals surface area contributed by atoms with Gasteiger partial charge in [0.2, 0.25) is 5.96 Å². The van der Waals surface area contributed by atoms with Gasteiger partial charge in [-0.05, 0) is 47.1 Å². The molecule has 0 saturated carbocycles. The monoisotopic (exact) mass is 305 g/mol. The average molecular weight is 305 g/mol. The minimum Gasteiger partial charge on any atom is -0.444 e. The maximum Gasteiger partial charge on any atom is 0.414 e. The van der Waals surface area contributed by atoms with Crippen molar-refractivity contribution in [2.24, 2.45) is 4.99 Å². The lowest BCUT2D eigenvalue weighted by Crippen LogP contribution is -2.50. The van der Waals surface area contributed by atoms with E-state index in [1.807, 2.05) is 71.9 Å². The molecule has 0 fully saturated rings. The topological polar surface area (TPSA) is 62.7 Å². The van der Waals surface area contributed by atoms with Gasteiger partial charge in [0.05, 0.1) is 6.54 Å². The first-order valence-corrected chi connectivity index (χ1v) is 7.42. The van der Waals surface area contributed by atoms with E-state index in [-0.39, 0.29) is 5.54 Å². The van der Waals surface area contributed by atoms with Crippen LogP contribution in [-0.2, 0) is 11.3 Å². The molecule has 1 aromatic carbocycles. The molecule has 22 heavy (non-hydrogen) atoms. The second kappa shape index (κ2) is 7.29. The zero-order valence-electron chi connectivity index (χ0n) is 14.4. The van der Waals surface area contributed by atoms with E-state index in [0.717, 1.165) is 5.56 Å². The average Bonchev–Trinajstić information content (AvgIpc) is 2.33. The van der Waals surface area contributed by atoms with E-state index in [9.17, 15) is 4.79 Å². The summed E-state index contributed by atoms with van der Waals surface area (Å²) in [6.45, 7) is 12.0. The van der Waals surface area contributed by atoms with Gasteiger partial charge in [-0.15, -0.1) is 0 Å². The number of rotatable bonds is 2. The number of hydrogen-bond acceptors (Lipinski definition) is 3. The molecule has 0 spiro atoms. The maximum absolute atomic E-state index is 11.9. The molecule has 0 radical (unpaired) electrons. The molecular weight excluding hydrogens is 278 g/mol. The highest BCUT2D eigenvalue weighted by Gasteiger charge is 2.19. The number of amides is 1. The summed E-state index contributed by atoms with van der Waals surface area (Å²) in [4.78, 5) is 16.4. The molecule has 0 unspecified atom stereocenters. The molecule has 0 aromatic heterocycles. The maximum atomic E-state index is 11.9. The van der Waals surface area contributed by atoms with Crippen molar-refractivity contribution >= 4 is 12.1 Å². The summed E-state index contributed by atoms with van der Waals surface area (Å²) in [6, 6.07) is 9.86. The van der Waals surface area contributed by atoms with Crippen LogP contribution in [0.3, 0.4) is 0 Å². The van der Waals surface area contributed by atoms with E-state index in [0.29, 0.717) is 12.5 Å². The van der Waals surface area contributed by atoms with Crippen LogP contribution >= 0.6 is 0 Å². The second-order valence-corrected chi connectivity index (χ2v) is 7.15. The third-order valence-electron chi connectivity index (χ3n) is 2.38. The summed E-state index contributed by atoms with van der Waals surface area (Å²) < 4.78 is 5.26. The molecule has 0 aliphatic carbocycles. The predicted molar refractivity (Wildman–Crippen MR) is 89.8 cm³/mol. The number of alkyl carbamates (subject to hydrolysis) is 1. The second-order valence-electron chi connectivity index (χ2n) is 7.15. The van der Waals surface area contributed by atoms with E-state index in [1.54, 1.807) is 0 Å². The fourth-order valence-electron chi connectivity index (χ4n) is 1.62. The molecule has 0 heterocycles. The number of guanidine groups is 1. The fourth-order valence-corrected chi connectivity index (χ4v) is 1.62. The molecule has 5 heteroatoms. The number of hydrogen-bond donors (Lipinski definition) is 2. The van der Waals surface area contributed by atoms with E-state index in [4.69, 9.17) is 4.74 Å². The van der Waals surface area contributed by atoms with Crippen LogP contribution in [0.4, 0.5) is 4.79 Å². The lowest BCUT2D eigenvalue weighted by Gasteiger charge is -2.25. The number of carbonyl (C=O) groups is 1. The van der Waals surface area contributed by atoms with Crippen molar-refractivity contribution in [3.63, 3.8) is 0 Å². The Labute approximate surface area is 133 Å². The molecule has 1 rings (SSSR count). The summed E-state index contributed by atoms with van der Waals surface area (Å²) >= 11 is 0. The number of carbonyl (C=O) groups excluding carboxylic acids is 1. The molecule has 0 aliphatic heterocycles. The van der Waals surface area contributed by atoms with E-state index < -0.39 is 11.7 Å². The molecule has 0 aliphatic rings. The molecule has 1 amide bonds. The van der Waals surface area contributed by atoms with Gasteiger partial charge < -0.3 is 10.1 Å². The van der Waals surface area contributed by atoms with Crippen molar-refractivity contribution in [2.45, 2.75) is 59.2 Å². The van der Waals surface area contributed by atoms with Gasteiger partial charge in [-0.2, -0.15) is 0 Å². The highest BCUT2D eigenvalue weighted by molar-refractivity contribution is 5.94. The Morgan fingerprint density at radius 3 is 2.18 bits per heavy atom. The van der Waals surface area contributed by atoms with Crippen LogP contribution in [0.15, 0.2) is 35.3 Å². The molecule has 1 aromatic rings. The van der Waals surface area contributed by atoms with Gasteiger partial charge in [-0.1, -0.05) is 30.3 Å². The lowest BCUT2D eigenvalue weighted by molar-refractivity contribution is 0.0560. The molecule has 2 N–H and O–H groups in total. The highest BCUT2D eigenvalue weighted by atomic mass is 16.6. The lowest BCUT2D eigenvalue weighted by atomic mass is 10.1. The number of nitrogens with zero attached hydrogens (tertiary/aromatic N) is 1. The van der Waals surface area contributed by atoms with Crippen LogP contribution in [0.2, 0.25) is 0 Å². The van der Waals surface area contributed by atoms with Crippen LogP contribution in [0.1, 0.15) is 47.1 Å². The van der Waals surface area contributed by atoms with Gasteiger partial charge in [0, 0.05) is 5.54 Å². The van der Waals surface area contributed by atoms with Gasteiger partial charge in [-0.3, -0.25) is 5.32 Å². The van der Waals surface area contributed by atoms with Crippen LogP contribution in [0.25, 0.3) is 0 Å². The van der Waals surface area contributed by atoms with Crippen LogP contribution in [-0.4, -0.2) is 23.2 Å². The Morgan fingerprint density at radius 1 is 1.09 bits per heavy atom. The number of aliphatic imine (C=N–C) groups is 1. The minimum absolute atomic E-state index is 0.218. The van der Waals surface area contributed by atoms with E-state index >= 15 is 0 Å². The van der Waals surface area contributed by atoms with E-state index in [1.165, 1.54) is 0 Å². The van der Waals surface area contributed by atoms with Crippen molar-refractivity contribution in [3.05, 3.63) is 35.9 Å². The fraction of sp³-hybridized carbons (Fsp3) is 0.529. The summed E-state index contributed by atoms with van der Waals surface area (Å²) in [5.41, 5.74) is 0.308. The van der Waals surface area contributed by atoms with Crippen LogP contribution in [0.5, 0.6) is 0 Å². The van der Waals surface area contributed by atoms with Gasteiger partial charge in [0.15, 0.2) is 0 Å². The van der Waals surface area contributed by atoms with Gasteiger partial charge in [0.25, 0.3) is 0 Å². The van der Waals surface area contributed by atoms with Gasteiger partial charge >= 0.3 is 6.09 Å². The Balaban J connectivity index is 2.77. The van der Waals surface area contributed by atoms with Crippen molar-refractivity contribution in [2.75, 3.05) is 0 Å². The number of ether oxygens (including phenoxy) is 1. The third kappa shape index (κ3) is 8.29. The molecule has 122 valence electrons. The molecule has 0 bridgehead atoms. The summed E-state index contributed by atoms with van der Waals surface area (Å²) in [7, 11) is 0. The van der Waals surface area contributed by atoms with Crippen molar-refractivity contribution in [1.82, 2.24) is 10.6 Å². The van der Waals surface area contributed by atoms with E-state index in [2.05, 4.69) is 15.6 Å². The largest absolute Gasteiger partial charge is 0.444 e. The Morgan fingerprint density at radius 2 is 1.68 bits per heavy atom. The zero-order valence-corrected chi connectivity index (χ0v) is 14.4. The standard InChI is InChI=1S/C17H27N3O2/c1-16(2,3)20-14(19-15(21)22-17(4,5)6)18-12-13-10-8-7-9-11-13/h7-11H,12H2,1-6H3,(H2,18,19,20,21). The van der Waals surface area contributed by atoms with Crippen molar-refractivity contribution in [3.8, 4) is 0 Å². The Bertz CT molecular complexity index is 511. The minimum atomic E-state index is -0.545. The Hall–Kier alpha value is -2.04. The number of benzene rings is 1. The predicted octanol–water partition coefficient (Wildman–Crippen LogP) is 3.46. The van der Waals surface area contributed by atoms with Crippen LogP contribution in [0, 0.1) is 0 Å². The van der Waals surface area contributed by atoms with Crippen LogP contribution < -0.4 is 10.6 Å². The first kappa shape index (κ1) is 18.0. The SMILES string of the molecule is CC(C)(C)NC(=NCc1ccccc1)NC(=O)OC(C)(C)C. The van der Waals surface area contributed by atoms with Crippen molar-refractivity contribution < 1.29 is 9.53 Å².